The highest BCUT2D eigenvalue weighted by molar-refractivity contribution is 6.82. The molecule has 0 aromatic heterocycles. The molecule has 0 saturated carbocycles. The van der Waals surface area contributed by atoms with Gasteiger partial charge in [0.25, 0.3) is 0 Å². The predicted octanol–water partition coefficient (Wildman–Crippen LogP) is 5.86. The highest BCUT2D eigenvalue weighted by Gasteiger charge is 2.50. The van der Waals surface area contributed by atoms with Gasteiger partial charge in [0.2, 0.25) is 0 Å². The van der Waals surface area contributed by atoms with Crippen LogP contribution in [-0.4, -0.2) is 8.07 Å². The number of hydrogen-bond donors (Lipinski definition) is 0. The first-order valence-corrected chi connectivity index (χ1v) is 10.2. The van der Waals surface area contributed by atoms with E-state index in [1.807, 2.05) is 0 Å². The van der Waals surface area contributed by atoms with Crippen molar-refractivity contribution in [3.8, 4) is 0 Å². The van der Waals surface area contributed by atoms with E-state index < -0.39 is 8.07 Å². The zero-order valence-corrected chi connectivity index (χ0v) is 13.2. The van der Waals surface area contributed by atoms with E-state index in [1.54, 1.807) is 12.5 Å². The Morgan fingerprint density at radius 2 is 1.69 bits per heavy atom. The maximum Gasteiger partial charge on any atom is 0.0592 e. The van der Waals surface area contributed by atoms with Crippen molar-refractivity contribution in [3.63, 3.8) is 0 Å². The molecule has 1 fully saturated rings. The minimum absolute atomic E-state index is 0.795. The molecule has 0 nitrogen and oxygen atoms in total. The first-order valence-electron chi connectivity index (χ1n) is 7.56. The van der Waals surface area contributed by atoms with Crippen LogP contribution >= 0.6 is 0 Å². The molecule has 0 radical (unpaired) electrons. The average Bonchev–Trinajstić information content (AvgIpc) is 2.29. The Labute approximate surface area is 104 Å². The van der Waals surface area contributed by atoms with Crippen molar-refractivity contribution in [1.29, 1.82) is 0 Å². The molecule has 0 aromatic carbocycles. The summed E-state index contributed by atoms with van der Waals surface area (Å²) in [6.45, 7) is 12.3. The van der Waals surface area contributed by atoms with E-state index >= 15 is 0 Å². The lowest BCUT2D eigenvalue weighted by atomic mass is 9.88. The van der Waals surface area contributed by atoms with Crippen molar-refractivity contribution in [2.75, 3.05) is 0 Å². The Bertz CT molecular complexity index is 205. The molecule has 16 heavy (non-hydrogen) atoms. The van der Waals surface area contributed by atoms with Crippen molar-refractivity contribution in [2.24, 2.45) is 5.92 Å². The van der Waals surface area contributed by atoms with Crippen molar-refractivity contribution < 1.29 is 0 Å². The van der Waals surface area contributed by atoms with Crippen LogP contribution in [0.1, 0.15) is 66.7 Å². The van der Waals surface area contributed by atoms with E-state index in [1.165, 1.54) is 37.8 Å². The quantitative estimate of drug-likeness (QED) is 0.528. The topological polar surface area (TPSA) is 0 Å². The van der Waals surface area contributed by atoms with E-state index in [0.717, 1.165) is 11.0 Å². The minimum atomic E-state index is -0.973. The molecule has 0 amide bonds. The zero-order chi connectivity index (χ0) is 12.2. The molecule has 1 saturated heterocycles. The first-order chi connectivity index (χ1) is 7.56. The lowest BCUT2D eigenvalue weighted by Gasteiger charge is -2.53. The Balaban J connectivity index is 2.99. The van der Waals surface area contributed by atoms with Crippen molar-refractivity contribution >= 4 is 8.07 Å². The Morgan fingerprint density at radius 1 is 1.06 bits per heavy atom. The van der Waals surface area contributed by atoms with Gasteiger partial charge in [0.05, 0.1) is 8.07 Å². The van der Waals surface area contributed by atoms with E-state index in [0.29, 0.717) is 0 Å². The SMILES string of the molecule is CCC1(CC(C)C)CCCC[Si]1(CC)CC. The molecule has 1 heterocycles. The molecule has 0 spiro atoms. The van der Waals surface area contributed by atoms with Crippen LogP contribution in [0.15, 0.2) is 0 Å². The largest absolute Gasteiger partial charge is 0.0678 e. The summed E-state index contributed by atoms with van der Waals surface area (Å²) < 4.78 is 0. The van der Waals surface area contributed by atoms with Crippen LogP contribution in [0.4, 0.5) is 0 Å². The van der Waals surface area contributed by atoms with E-state index in [4.69, 9.17) is 0 Å². The molecule has 1 atom stereocenters. The summed E-state index contributed by atoms with van der Waals surface area (Å²) in [5.41, 5.74) is 0. The molecule has 96 valence electrons. The predicted molar refractivity (Wildman–Crippen MR) is 77.8 cm³/mol. The summed E-state index contributed by atoms with van der Waals surface area (Å²) in [5, 5.41) is 0.795. The van der Waals surface area contributed by atoms with Crippen LogP contribution in [0.25, 0.3) is 0 Å². The van der Waals surface area contributed by atoms with Crippen LogP contribution < -0.4 is 0 Å². The summed E-state index contributed by atoms with van der Waals surface area (Å²) in [6.07, 6.45) is 7.56. The van der Waals surface area contributed by atoms with Gasteiger partial charge in [-0.1, -0.05) is 72.0 Å². The van der Waals surface area contributed by atoms with Crippen LogP contribution in [0.3, 0.4) is 0 Å². The second kappa shape index (κ2) is 5.71. The third kappa shape index (κ3) is 2.39. The van der Waals surface area contributed by atoms with Gasteiger partial charge in [-0.25, -0.2) is 0 Å². The third-order valence-corrected chi connectivity index (χ3v) is 12.6. The van der Waals surface area contributed by atoms with Gasteiger partial charge in [0.1, 0.15) is 0 Å². The minimum Gasteiger partial charge on any atom is -0.0678 e. The second-order valence-corrected chi connectivity index (χ2v) is 12.0. The van der Waals surface area contributed by atoms with Gasteiger partial charge in [-0.15, -0.1) is 0 Å². The van der Waals surface area contributed by atoms with Crippen LogP contribution in [0, 0.1) is 5.92 Å². The fraction of sp³-hybridized carbons (Fsp3) is 1.00. The fourth-order valence-corrected chi connectivity index (χ4v) is 11.1. The molecule has 0 N–H and O–H groups in total. The van der Waals surface area contributed by atoms with Gasteiger partial charge in [0.15, 0.2) is 0 Å². The summed E-state index contributed by atoms with van der Waals surface area (Å²) in [6, 6.07) is 4.69. The van der Waals surface area contributed by atoms with Crippen molar-refractivity contribution in [3.05, 3.63) is 0 Å². The molecule has 1 unspecified atom stereocenters. The third-order valence-electron chi connectivity index (χ3n) is 5.51. The molecule has 1 heteroatoms. The van der Waals surface area contributed by atoms with Gasteiger partial charge < -0.3 is 0 Å². The molecule has 0 aromatic rings. The van der Waals surface area contributed by atoms with Gasteiger partial charge in [-0.2, -0.15) is 0 Å². The van der Waals surface area contributed by atoms with Gasteiger partial charge in [-0.3, -0.25) is 0 Å². The van der Waals surface area contributed by atoms with Crippen LogP contribution in [0.5, 0.6) is 0 Å². The highest BCUT2D eigenvalue weighted by Crippen LogP contribution is 2.58. The van der Waals surface area contributed by atoms with E-state index in [2.05, 4.69) is 34.6 Å². The summed E-state index contributed by atoms with van der Waals surface area (Å²) in [7, 11) is -0.973. The van der Waals surface area contributed by atoms with E-state index in [-0.39, 0.29) is 0 Å². The molecule has 1 aliphatic rings. The first kappa shape index (κ1) is 14.3. The van der Waals surface area contributed by atoms with Crippen molar-refractivity contribution in [2.45, 2.75) is 89.9 Å². The standard InChI is InChI=1S/C15H32Si/c1-6-15(13-14(4)5)11-9-10-12-16(15,7-2)8-3/h14H,6-13H2,1-5H3. The maximum atomic E-state index is 2.49. The molecule has 1 aliphatic heterocycles. The normalized spacial score (nSPS) is 29.6. The summed E-state index contributed by atoms with van der Waals surface area (Å²) >= 11 is 0. The number of rotatable bonds is 5. The summed E-state index contributed by atoms with van der Waals surface area (Å²) in [5.74, 6) is 0.892. The highest BCUT2D eigenvalue weighted by atomic mass is 28.3. The van der Waals surface area contributed by atoms with Crippen LogP contribution in [0.2, 0.25) is 23.2 Å². The van der Waals surface area contributed by atoms with Gasteiger partial charge in [-0.05, 0) is 23.8 Å². The lowest BCUT2D eigenvalue weighted by Crippen LogP contribution is -2.49. The summed E-state index contributed by atoms with van der Waals surface area (Å²) in [4.78, 5) is 0. The van der Waals surface area contributed by atoms with Gasteiger partial charge in [0, 0.05) is 0 Å². The Kier molecular flexibility index (Phi) is 5.09. The molecule has 0 aliphatic carbocycles. The molecular weight excluding hydrogens is 208 g/mol. The van der Waals surface area contributed by atoms with Crippen LogP contribution in [-0.2, 0) is 0 Å². The van der Waals surface area contributed by atoms with E-state index in [9.17, 15) is 0 Å². The smallest absolute Gasteiger partial charge is 0.0592 e. The monoisotopic (exact) mass is 240 g/mol. The zero-order valence-electron chi connectivity index (χ0n) is 12.2. The average molecular weight is 241 g/mol. The number of hydrogen-bond acceptors (Lipinski definition) is 0. The molecular formula is C15H32Si. The molecule has 1 rings (SSSR count). The van der Waals surface area contributed by atoms with Gasteiger partial charge >= 0.3 is 0 Å². The Morgan fingerprint density at radius 3 is 2.12 bits per heavy atom. The fourth-order valence-electron chi connectivity index (χ4n) is 4.61. The second-order valence-electron chi connectivity index (χ2n) is 6.43. The Hall–Kier alpha value is 0.217. The van der Waals surface area contributed by atoms with Crippen molar-refractivity contribution in [1.82, 2.24) is 0 Å². The lowest BCUT2D eigenvalue weighted by molar-refractivity contribution is 0.349. The molecule has 0 bridgehead atoms. The maximum absolute atomic E-state index is 2.49.